The molecule has 0 saturated heterocycles. The maximum absolute atomic E-state index is 13.4. The second-order valence-corrected chi connectivity index (χ2v) is 6.15. The van der Waals surface area contributed by atoms with Gasteiger partial charge >= 0.3 is 6.18 Å². The molecule has 0 radical (unpaired) electrons. The van der Waals surface area contributed by atoms with E-state index < -0.39 is 17.6 Å². The average Bonchev–Trinajstić information content (AvgIpc) is 2.72. The summed E-state index contributed by atoms with van der Waals surface area (Å²) >= 11 is 0. The van der Waals surface area contributed by atoms with Gasteiger partial charge in [-0.15, -0.1) is 0 Å². The Bertz CT molecular complexity index is 949. The first-order chi connectivity index (χ1) is 13.9. The average molecular weight is 403 g/mol. The van der Waals surface area contributed by atoms with Gasteiger partial charge in [0.1, 0.15) is 17.9 Å². The summed E-state index contributed by atoms with van der Waals surface area (Å²) in [5.74, 6) is 0.207. The van der Waals surface area contributed by atoms with Crippen molar-refractivity contribution in [3.63, 3.8) is 0 Å². The predicted molar refractivity (Wildman–Crippen MR) is 103 cm³/mol. The van der Waals surface area contributed by atoms with Crippen LogP contribution in [0.3, 0.4) is 0 Å². The van der Waals surface area contributed by atoms with Crippen molar-refractivity contribution in [2.45, 2.75) is 19.7 Å². The highest BCUT2D eigenvalue weighted by molar-refractivity contribution is 5.59. The summed E-state index contributed by atoms with van der Waals surface area (Å²) in [5, 5.41) is 0. The Morgan fingerprint density at radius 3 is 2.45 bits per heavy atom. The van der Waals surface area contributed by atoms with Crippen LogP contribution in [0.2, 0.25) is 0 Å². The molecule has 0 saturated carbocycles. The number of alkyl halides is 3. The molecule has 0 spiro atoms. The van der Waals surface area contributed by atoms with Gasteiger partial charge in [0.2, 0.25) is 11.8 Å². The Balaban J connectivity index is 1.90. The third-order valence-corrected chi connectivity index (χ3v) is 4.08. The van der Waals surface area contributed by atoms with E-state index in [4.69, 9.17) is 9.47 Å². The second kappa shape index (κ2) is 8.81. The zero-order chi connectivity index (χ0) is 20.9. The van der Waals surface area contributed by atoms with Crippen molar-refractivity contribution >= 4 is 11.6 Å². The summed E-state index contributed by atoms with van der Waals surface area (Å²) in [6, 6.07) is 16.0. The van der Waals surface area contributed by atoms with Gasteiger partial charge in [0.25, 0.3) is 0 Å². The first kappa shape index (κ1) is 20.4. The van der Waals surface area contributed by atoms with Crippen LogP contribution in [0, 0.1) is 0 Å². The molecule has 152 valence electrons. The molecule has 0 N–H and O–H groups in total. The number of anilines is 2. The molecule has 0 aliphatic heterocycles. The van der Waals surface area contributed by atoms with Crippen molar-refractivity contribution in [1.82, 2.24) is 9.97 Å². The molecule has 0 aliphatic carbocycles. The monoisotopic (exact) mass is 403 g/mol. The summed E-state index contributed by atoms with van der Waals surface area (Å²) in [6.07, 6.45) is -3.89. The second-order valence-electron chi connectivity index (χ2n) is 6.15. The van der Waals surface area contributed by atoms with E-state index in [9.17, 15) is 13.2 Å². The number of aromatic nitrogens is 2. The highest BCUT2D eigenvalue weighted by atomic mass is 19.4. The zero-order valence-electron chi connectivity index (χ0n) is 16.0. The van der Waals surface area contributed by atoms with Crippen LogP contribution in [0.1, 0.15) is 18.1 Å². The zero-order valence-corrected chi connectivity index (χ0v) is 16.0. The van der Waals surface area contributed by atoms with Crippen molar-refractivity contribution < 1.29 is 22.6 Å². The van der Waals surface area contributed by atoms with Gasteiger partial charge in [-0.25, -0.2) is 4.98 Å². The molecule has 0 unspecified atom stereocenters. The maximum atomic E-state index is 13.4. The van der Waals surface area contributed by atoms with Gasteiger partial charge in [-0.2, -0.15) is 18.2 Å². The minimum atomic E-state index is -4.63. The summed E-state index contributed by atoms with van der Waals surface area (Å²) in [7, 11) is 1.66. The molecule has 8 heteroatoms. The number of benzene rings is 2. The van der Waals surface area contributed by atoms with Crippen molar-refractivity contribution in [2.24, 2.45) is 0 Å². The summed E-state index contributed by atoms with van der Waals surface area (Å²) in [5.41, 5.74) is 0.386. The van der Waals surface area contributed by atoms with E-state index in [1.807, 2.05) is 13.0 Å². The summed E-state index contributed by atoms with van der Waals surface area (Å²) < 4.78 is 51.0. The van der Waals surface area contributed by atoms with Crippen molar-refractivity contribution in [3.8, 4) is 11.6 Å². The van der Waals surface area contributed by atoms with E-state index in [2.05, 4.69) is 9.97 Å². The third kappa shape index (κ3) is 5.16. The van der Waals surface area contributed by atoms with Gasteiger partial charge in [-0.1, -0.05) is 36.4 Å². The van der Waals surface area contributed by atoms with Crippen molar-refractivity contribution in [3.05, 3.63) is 71.9 Å². The predicted octanol–water partition coefficient (Wildman–Crippen LogP) is 5.24. The Hall–Kier alpha value is -3.29. The maximum Gasteiger partial charge on any atom is 0.423 e. The van der Waals surface area contributed by atoms with E-state index in [0.717, 1.165) is 11.8 Å². The van der Waals surface area contributed by atoms with Crippen LogP contribution >= 0.6 is 0 Å². The van der Waals surface area contributed by atoms with E-state index in [1.54, 1.807) is 60.5 Å². The molecular weight excluding hydrogens is 383 g/mol. The van der Waals surface area contributed by atoms with Crippen LogP contribution in [0.25, 0.3) is 0 Å². The van der Waals surface area contributed by atoms with Crippen LogP contribution in [0.4, 0.5) is 24.8 Å². The van der Waals surface area contributed by atoms with Gasteiger partial charge in [0.15, 0.2) is 0 Å². The lowest BCUT2D eigenvalue weighted by Gasteiger charge is -2.20. The number of ether oxygens (including phenoxy) is 2. The van der Waals surface area contributed by atoms with Gasteiger partial charge in [0.05, 0.1) is 6.61 Å². The third-order valence-electron chi connectivity index (χ3n) is 4.08. The normalized spacial score (nSPS) is 11.2. The molecule has 29 heavy (non-hydrogen) atoms. The topological polar surface area (TPSA) is 47.5 Å². The van der Waals surface area contributed by atoms with E-state index >= 15 is 0 Å². The molecule has 1 heterocycles. The Kier molecular flexibility index (Phi) is 6.21. The Morgan fingerprint density at radius 2 is 1.76 bits per heavy atom. The standard InChI is InChI=1S/C21H20F3N3O2/c1-3-28-17-11-7-10-16(12-17)27(2)20-25-13-18(21(22,23)24)19(26-20)29-14-15-8-5-4-6-9-15/h4-13H,3,14H2,1-2H3. The van der Waals surface area contributed by atoms with Gasteiger partial charge in [-0.3, -0.25) is 0 Å². The molecule has 5 nitrogen and oxygen atoms in total. The number of nitrogens with zero attached hydrogens (tertiary/aromatic N) is 3. The fourth-order valence-corrected chi connectivity index (χ4v) is 2.61. The van der Waals surface area contributed by atoms with E-state index in [-0.39, 0.29) is 12.6 Å². The first-order valence-corrected chi connectivity index (χ1v) is 8.96. The van der Waals surface area contributed by atoms with Crippen LogP contribution in [-0.2, 0) is 12.8 Å². The number of hydrogen-bond donors (Lipinski definition) is 0. The van der Waals surface area contributed by atoms with Crippen LogP contribution in [0.5, 0.6) is 11.6 Å². The SMILES string of the molecule is CCOc1cccc(N(C)c2ncc(C(F)(F)F)c(OCc3ccccc3)n2)c1. The van der Waals surface area contributed by atoms with Crippen molar-refractivity contribution in [2.75, 3.05) is 18.6 Å². The fourth-order valence-electron chi connectivity index (χ4n) is 2.61. The van der Waals surface area contributed by atoms with Crippen molar-refractivity contribution in [1.29, 1.82) is 0 Å². The number of hydrogen-bond acceptors (Lipinski definition) is 5. The molecule has 0 atom stereocenters. The molecule has 1 aromatic heterocycles. The lowest BCUT2D eigenvalue weighted by molar-refractivity contribution is -0.139. The Labute approximate surface area is 166 Å². The number of rotatable bonds is 7. The minimum Gasteiger partial charge on any atom is -0.494 e. The molecule has 3 aromatic rings. The van der Waals surface area contributed by atoms with Crippen LogP contribution in [-0.4, -0.2) is 23.6 Å². The summed E-state index contributed by atoms with van der Waals surface area (Å²) in [4.78, 5) is 9.49. The number of halogens is 3. The highest BCUT2D eigenvalue weighted by Gasteiger charge is 2.36. The molecular formula is C21H20F3N3O2. The molecule has 0 aliphatic rings. The highest BCUT2D eigenvalue weighted by Crippen LogP contribution is 2.36. The summed E-state index contributed by atoms with van der Waals surface area (Å²) in [6.45, 7) is 2.33. The molecule has 3 rings (SSSR count). The lowest BCUT2D eigenvalue weighted by Crippen LogP contribution is -2.17. The lowest BCUT2D eigenvalue weighted by atomic mass is 10.2. The van der Waals surface area contributed by atoms with Gasteiger partial charge in [-0.05, 0) is 24.6 Å². The van der Waals surface area contributed by atoms with E-state index in [1.165, 1.54) is 0 Å². The molecule has 0 bridgehead atoms. The smallest absolute Gasteiger partial charge is 0.423 e. The van der Waals surface area contributed by atoms with Crippen LogP contribution in [0.15, 0.2) is 60.8 Å². The van der Waals surface area contributed by atoms with Gasteiger partial charge in [0, 0.05) is 25.0 Å². The van der Waals surface area contributed by atoms with Crippen LogP contribution < -0.4 is 14.4 Å². The molecule has 0 amide bonds. The first-order valence-electron chi connectivity index (χ1n) is 8.96. The minimum absolute atomic E-state index is 0.0378. The molecule has 0 fully saturated rings. The fraction of sp³-hybridized carbons (Fsp3) is 0.238. The molecule has 2 aromatic carbocycles. The quantitative estimate of drug-likeness (QED) is 0.540. The largest absolute Gasteiger partial charge is 0.494 e. The van der Waals surface area contributed by atoms with E-state index in [0.29, 0.717) is 18.0 Å². The van der Waals surface area contributed by atoms with Gasteiger partial charge < -0.3 is 14.4 Å². The Morgan fingerprint density at radius 1 is 1.00 bits per heavy atom.